The lowest BCUT2D eigenvalue weighted by atomic mass is 10.1. The fourth-order valence-corrected chi connectivity index (χ4v) is 1.67. The average Bonchev–Trinajstić information content (AvgIpc) is 2.44. The van der Waals surface area contributed by atoms with Crippen LogP contribution in [0.2, 0.25) is 0 Å². The van der Waals surface area contributed by atoms with E-state index < -0.39 is 0 Å². The average molecular weight is 272 g/mol. The summed E-state index contributed by atoms with van der Waals surface area (Å²) in [7, 11) is 3.04. The molecule has 0 aliphatic carbocycles. The van der Waals surface area contributed by atoms with E-state index in [9.17, 15) is 4.39 Å². The third kappa shape index (κ3) is 5.12. The van der Waals surface area contributed by atoms with Gasteiger partial charge >= 0.3 is 0 Å². The smallest absolute Gasteiger partial charge is 0.168 e. The van der Waals surface area contributed by atoms with Gasteiger partial charge in [-0.25, -0.2) is 4.39 Å². The Hall–Kier alpha value is -1.21. The van der Waals surface area contributed by atoms with Crippen LogP contribution in [0.5, 0.6) is 5.75 Å². The van der Waals surface area contributed by atoms with Gasteiger partial charge in [-0.1, -0.05) is 12.1 Å². The van der Waals surface area contributed by atoms with Crippen molar-refractivity contribution in [2.24, 2.45) is 5.84 Å². The lowest BCUT2D eigenvalue weighted by Crippen LogP contribution is -2.40. The zero-order valence-electron chi connectivity index (χ0n) is 11.3. The summed E-state index contributed by atoms with van der Waals surface area (Å²) in [5, 5.41) is 0. The van der Waals surface area contributed by atoms with Gasteiger partial charge in [0, 0.05) is 13.2 Å². The van der Waals surface area contributed by atoms with Crippen molar-refractivity contribution in [3.05, 3.63) is 29.6 Å². The van der Waals surface area contributed by atoms with Crippen molar-refractivity contribution in [1.82, 2.24) is 5.43 Å². The molecule has 19 heavy (non-hydrogen) atoms. The van der Waals surface area contributed by atoms with Crippen molar-refractivity contribution >= 4 is 0 Å². The van der Waals surface area contributed by atoms with E-state index >= 15 is 0 Å². The lowest BCUT2D eigenvalue weighted by molar-refractivity contribution is 0.0586. The molecule has 0 aromatic heterocycles. The minimum Gasteiger partial charge on any atom is -0.494 e. The second-order valence-corrected chi connectivity index (χ2v) is 4.07. The highest BCUT2D eigenvalue weighted by Gasteiger charge is 2.14. The summed E-state index contributed by atoms with van der Waals surface area (Å²) in [6, 6.07) is 4.87. The quantitative estimate of drug-likeness (QED) is 0.397. The topological polar surface area (TPSA) is 65.7 Å². The van der Waals surface area contributed by atoms with Crippen LogP contribution in [0.15, 0.2) is 18.2 Å². The summed E-state index contributed by atoms with van der Waals surface area (Å²) < 4.78 is 29.1. The molecule has 0 aliphatic heterocycles. The summed E-state index contributed by atoms with van der Waals surface area (Å²) in [6.45, 7) is 1.39. The van der Waals surface area contributed by atoms with Crippen LogP contribution in [-0.2, 0) is 15.9 Å². The molecule has 5 nitrogen and oxygen atoms in total. The van der Waals surface area contributed by atoms with Crippen molar-refractivity contribution in [3.8, 4) is 5.75 Å². The van der Waals surface area contributed by atoms with Crippen molar-refractivity contribution < 1.29 is 18.6 Å². The summed E-state index contributed by atoms with van der Waals surface area (Å²) in [6.07, 6.45) is 0.423. The first-order valence-corrected chi connectivity index (χ1v) is 6.07. The summed E-state index contributed by atoms with van der Waals surface area (Å²) >= 11 is 0. The number of benzene rings is 1. The number of nitrogens with two attached hydrogens (primary N) is 1. The van der Waals surface area contributed by atoms with Crippen LogP contribution < -0.4 is 16.0 Å². The number of hydrazine groups is 1. The van der Waals surface area contributed by atoms with Crippen LogP contribution in [0.4, 0.5) is 4.39 Å². The summed E-state index contributed by atoms with van der Waals surface area (Å²) in [5.74, 6) is 5.31. The highest BCUT2D eigenvalue weighted by molar-refractivity contribution is 5.31. The number of methoxy groups -OCH3 is 2. The molecule has 0 fully saturated rings. The van der Waals surface area contributed by atoms with Crippen molar-refractivity contribution in [1.29, 1.82) is 0 Å². The molecule has 0 saturated carbocycles. The van der Waals surface area contributed by atoms with E-state index in [0.717, 1.165) is 0 Å². The SMILES string of the molecule is COCCOCC(Cc1cccc(OC)c1F)NN. The second-order valence-electron chi connectivity index (χ2n) is 4.07. The van der Waals surface area contributed by atoms with Gasteiger partial charge in [0.25, 0.3) is 0 Å². The lowest BCUT2D eigenvalue weighted by Gasteiger charge is -2.17. The Balaban J connectivity index is 2.55. The van der Waals surface area contributed by atoms with E-state index in [-0.39, 0.29) is 17.6 Å². The molecule has 1 aromatic rings. The summed E-state index contributed by atoms with van der Waals surface area (Å²) in [5.41, 5.74) is 3.16. The molecular formula is C13H21FN2O3. The molecule has 0 aliphatic rings. The first-order valence-electron chi connectivity index (χ1n) is 6.07. The number of hydrogen-bond donors (Lipinski definition) is 2. The Morgan fingerprint density at radius 3 is 2.74 bits per heavy atom. The fourth-order valence-electron chi connectivity index (χ4n) is 1.67. The number of halogens is 1. The van der Waals surface area contributed by atoms with Crippen LogP contribution in [-0.4, -0.2) is 40.1 Å². The second kappa shape index (κ2) is 8.82. The Kier molecular flexibility index (Phi) is 7.35. The van der Waals surface area contributed by atoms with Gasteiger partial charge in [-0.05, 0) is 18.1 Å². The fraction of sp³-hybridized carbons (Fsp3) is 0.538. The molecule has 0 bridgehead atoms. The molecule has 6 heteroatoms. The van der Waals surface area contributed by atoms with E-state index in [1.807, 2.05) is 0 Å². The predicted molar refractivity (Wildman–Crippen MR) is 70.5 cm³/mol. The molecule has 1 rings (SSSR count). The summed E-state index contributed by atoms with van der Waals surface area (Å²) in [4.78, 5) is 0. The van der Waals surface area contributed by atoms with Crippen molar-refractivity contribution in [2.45, 2.75) is 12.5 Å². The van der Waals surface area contributed by atoms with Gasteiger partial charge in [0.1, 0.15) is 0 Å². The predicted octanol–water partition coefficient (Wildman–Crippen LogP) is 0.872. The minimum absolute atomic E-state index is 0.168. The van der Waals surface area contributed by atoms with Gasteiger partial charge in [-0.2, -0.15) is 0 Å². The maximum Gasteiger partial charge on any atom is 0.168 e. The van der Waals surface area contributed by atoms with Crippen LogP contribution in [0, 0.1) is 5.82 Å². The molecule has 108 valence electrons. The monoisotopic (exact) mass is 272 g/mol. The van der Waals surface area contributed by atoms with Gasteiger partial charge in [-0.15, -0.1) is 0 Å². The van der Waals surface area contributed by atoms with Crippen LogP contribution >= 0.6 is 0 Å². The zero-order valence-corrected chi connectivity index (χ0v) is 11.3. The standard InChI is InChI=1S/C13H21FN2O3/c1-17-6-7-19-9-11(16-15)8-10-4-3-5-12(18-2)13(10)14/h3-5,11,16H,6-9,15H2,1-2H3. The van der Waals surface area contributed by atoms with Crippen molar-refractivity contribution in [3.63, 3.8) is 0 Å². The van der Waals surface area contributed by atoms with Crippen LogP contribution in [0.1, 0.15) is 5.56 Å². The number of nitrogens with one attached hydrogen (secondary N) is 1. The molecule has 1 unspecified atom stereocenters. The highest BCUT2D eigenvalue weighted by Crippen LogP contribution is 2.20. The Morgan fingerprint density at radius 1 is 1.32 bits per heavy atom. The van der Waals surface area contributed by atoms with Crippen LogP contribution in [0.25, 0.3) is 0 Å². The van der Waals surface area contributed by atoms with Gasteiger partial charge in [0.2, 0.25) is 0 Å². The first-order chi connectivity index (χ1) is 9.22. The number of rotatable bonds is 9. The molecule has 0 saturated heterocycles. The van der Waals surface area contributed by atoms with Gasteiger partial charge in [0.05, 0.1) is 26.9 Å². The van der Waals surface area contributed by atoms with E-state index in [2.05, 4.69) is 5.43 Å². The van der Waals surface area contributed by atoms with Gasteiger partial charge < -0.3 is 14.2 Å². The van der Waals surface area contributed by atoms with Gasteiger partial charge in [0.15, 0.2) is 11.6 Å². The minimum atomic E-state index is -0.359. The number of hydrogen-bond acceptors (Lipinski definition) is 5. The molecule has 0 radical (unpaired) electrons. The third-order valence-electron chi connectivity index (χ3n) is 2.72. The highest BCUT2D eigenvalue weighted by atomic mass is 19.1. The number of ether oxygens (including phenoxy) is 3. The molecule has 0 amide bonds. The zero-order chi connectivity index (χ0) is 14.1. The van der Waals surface area contributed by atoms with E-state index in [4.69, 9.17) is 20.1 Å². The third-order valence-corrected chi connectivity index (χ3v) is 2.72. The molecule has 0 heterocycles. The molecule has 0 spiro atoms. The first kappa shape index (κ1) is 15.8. The van der Waals surface area contributed by atoms with E-state index in [1.54, 1.807) is 25.3 Å². The van der Waals surface area contributed by atoms with E-state index in [0.29, 0.717) is 31.8 Å². The molecule has 3 N–H and O–H groups in total. The maximum atomic E-state index is 14.0. The van der Waals surface area contributed by atoms with Crippen molar-refractivity contribution in [2.75, 3.05) is 34.0 Å². The van der Waals surface area contributed by atoms with Crippen LogP contribution in [0.3, 0.4) is 0 Å². The molecule has 1 aromatic carbocycles. The maximum absolute atomic E-state index is 14.0. The molecule has 1 atom stereocenters. The Bertz CT molecular complexity index is 377. The normalized spacial score (nSPS) is 12.4. The van der Waals surface area contributed by atoms with Gasteiger partial charge in [-0.3, -0.25) is 11.3 Å². The Labute approximate surface area is 112 Å². The Morgan fingerprint density at radius 2 is 2.11 bits per heavy atom. The molecular weight excluding hydrogens is 251 g/mol. The largest absolute Gasteiger partial charge is 0.494 e. The van der Waals surface area contributed by atoms with E-state index in [1.165, 1.54) is 7.11 Å².